The summed E-state index contributed by atoms with van der Waals surface area (Å²) in [5, 5.41) is 17.5. The first-order valence-electron chi connectivity index (χ1n) is 8.20. The van der Waals surface area contributed by atoms with Gasteiger partial charge in [-0.1, -0.05) is 49.6 Å². The molecule has 1 aromatic carbocycles. The first-order valence-corrected chi connectivity index (χ1v) is 8.61. The van der Waals surface area contributed by atoms with Crippen LogP contribution in [0.5, 0.6) is 0 Å². The predicted molar refractivity (Wildman–Crippen MR) is 92.3 cm³/mol. The SMILES string of the molecule is Cn1c(CO)nn(CNC2(c3ccccc3)CCCCC2)c1=S. The van der Waals surface area contributed by atoms with E-state index in [0.717, 1.165) is 12.8 Å². The number of benzene rings is 1. The summed E-state index contributed by atoms with van der Waals surface area (Å²) in [6, 6.07) is 10.7. The van der Waals surface area contributed by atoms with E-state index in [1.54, 1.807) is 9.25 Å². The molecule has 0 saturated heterocycles. The average molecular weight is 332 g/mol. The largest absolute Gasteiger partial charge is 0.388 e. The smallest absolute Gasteiger partial charge is 0.198 e. The van der Waals surface area contributed by atoms with Gasteiger partial charge in [-0.25, -0.2) is 4.68 Å². The molecule has 0 atom stereocenters. The number of nitrogens with zero attached hydrogens (tertiary/aromatic N) is 3. The van der Waals surface area contributed by atoms with E-state index in [9.17, 15) is 5.11 Å². The second kappa shape index (κ2) is 6.95. The van der Waals surface area contributed by atoms with Crippen LogP contribution in [0.3, 0.4) is 0 Å². The minimum absolute atomic E-state index is 0.00875. The topological polar surface area (TPSA) is 55.0 Å². The van der Waals surface area contributed by atoms with E-state index in [0.29, 0.717) is 17.3 Å². The van der Waals surface area contributed by atoms with E-state index in [1.807, 2.05) is 7.05 Å². The molecule has 23 heavy (non-hydrogen) atoms. The van der Waals surface area contributed by atoms with Crippen LogP contribution in [-0.4, -0.2) is 19.5 Å². The summed E-state index contributed by atoms with van der Waals surface area (Å²) in [4.78, 5) is 0. The monoisotopic (exact) mass is 332 g/mol. The molecule has 0 spiro atoms. The highest BCUT2D eigenvalue weighted by molar-refractivity contribution is 7.71. The number of hydrogen-bond donors (Lipinski definition) is 2. The fourth-order valence-corrected chi connectivity index (χ4v) is 3.69. The van der Waals surface area contributed by atoms with Gasteiger partial charge in [0, 0.05) is 12.6 Å². The van der Waals surface area contributed by atoms with Gasteiger partial charge in [0.25, 0.3) is 0 Å². The molecule has 3 rings (SSSR count). The molecule has 1 heterocycles. The predicted octanol–water partition coefficient (Wildman–Crippen LogP) is 2.85. The molecule has 1 fully saturated rings. The number of rotatable bonds is 5. The number of aromatic nitrogens is 3. The van der Waals surface area contributed by atoms with Crippen LogP contribution in [0.4, 0.5) is 0 Å². The molecule has 1 aliphatic carbocycles. The van der Waals surface area contributed by atoms with Gasteiger partial charge in [0.1, 0.15) is 6.61 Å². The molecule has 1 aliphatic rings. The van der Waals surface area contributed by atoms with Gasteiger partial charge in [0.15, 0.2) is 10.6 Å². The summed E-state index contributed by atoms with van der Waals surface area (Å²) in [5.74, 6) is 0.592. The first kappa shape index (κ1) is 16.4. The van der Waals surface area contributed by atoms with Crippen molar-refractivity contribution < 1.29 is 5.11 Å². The van der Waals surface area contributed by atoms with Crippen molar-refractivity contribution in [2.45, 2.75) is 50.9 Å². The van der Waals surface area contributed by atoms with Crippen LogP contribution in [0, 0.1) is 4.77 Å². The summed E-state index contributed by atoms with van der Waals surface area (Å²) >= 11 is 5.41. The van der Waals surface area contributed by atoms with E-state index >= 15 is 0 Å². The fraction of sp³-hybridized carbons (Fsp3) is 0.529. The maximum atomic E-state index is 9.34. The summed E-state index contributed by atoms with van der Waals surface area (Å²) in [7, 11) is 1.84. The van der Waals surface area contributed by atoms with E-state index < -0.39 is 0 Å². The average Bonchev–Trinajstić information content (AvgIpc) is 2.89. The molecule has 2 N–H and O–H groups in total. The highest BCUT2D eigenvalue weighted by atomic mass is 32.1. The van der Waals surface area contributed by atoms with Gasteiger partial charge in [0.2, 0.25) is 0 Å². The van der Waals surface area contributed by atoms with Gasteiger partial charge in [-0.05, 0) is 30.6 Å². The van der Waals surface area contributed by atoms with E-state index in [-0.39, 0.29) is 12.1 Å². The van der Waals surface area contributed by atoms with Crippen LogP contribution in [0.1, 0.15) is 43.5 Å². The molecule has 1 saturated carbocycles. The zero-order valence-electron chi connectivity index (χ0n) is 13.5. The first-order chi connectivity index (χ1) is 11.2. The Balaban J connectivity index is 1.84. The number of aliphatic hydroxyl groups excluding tert-OH is 1. The van der Waals surface area contributed by atoms with Gasteiger partial charge in [-0.3, -0.25) is 5.32 Å². The molecule has 0 bridgehead atoms. The Kier molecular flexibility index (Phi) is 4.94. The summed E-state index contributed by atoms with van der Waals surface area (Å²) in [6.07, 6.45) is 6.02. The van der Waals surface area contributed by atoms with E-state index in [2.05, 4.69) is 40.7 Å². The molecule has 0 unspecified atom stereocenters. The van der Waals surface area contributed by atoms with Crippen molar-refractivity contribution in [2.75, 3.05) is 0 Å². The van der Waals surface area contributed by atoms with Gasteiger partial charge in [-0.15, -0.1) is 0 Å². The normalized spacial score (nSPS) is 17.3. The molecule has 124 valence electrons. The lowest BCUT2D eigenvalue weighted by molar-refractivity contribution is 0.210. The van der Waals surface area contributed by atoms with Gasteiger partial charge >= 0.3 is 0 Å². The molecule has 0 aliphatic heterocycles. The van der Waals surface area contributed by atoms with Crippen LogP contribution in [-0.2, 0) is 25.9 Å². The van der Waals surface area contributed by atoms with Crippen LogP contribution in [0.2, 0.25) is 0 Å². The zero-order chi connectivity index (χ0) is 16.3. The van der Waals surface area contributed by atoms with E-state index in [1.165, 1.54) is 24.8 Å². The van der Waals surface area contributed by atoms with Crippen molar-refractivity contribution in [1.82, 2.24) is 19.7 Å². The van der Waals surface area contributed by atoms with Gasteiger partial charge < -0.3 is 9.67 Å². The van der Waals surface area contributed by atoms with Crippen molar-refractivity contribution >= 4 is 12.2 Å². The van der Waals surface area contributed by atoms with E-state index in [4.69, 9.17) is 12.2 Å². The second-order valence-electron chi connectivity index (χ2n) is 6.26. The Bertz CT molecular complexity index is 701. The molecular formula is C17H24N4OS. The summed E-state index contributed by atoms with van der Waals surface area (Å²) in [6.45, 7) is 0.457. The maximum Gasteiger partial charge on any atom is 0.198 e. The molecule has 2 aromatic rings. The lowest BCUT2D eigenvalue weighted by Crippen LogP contribution is -2.44. The van der Waals surface area contributed by atoms with Crippen LogP contribution < -0.4 is 5.32 Å². The third-order valence-corrected chi connectivity index (χ3v) is 5.36. The maximum absolute atomic E-state index is 9.34. The van der Waals surface area contributed by atoms with Crippen molar-refractivity contribution in [3.05, 3.63) is 46.5 Å². The molecule has 1 aromatic heterocycles. The summed E-state index contributed by atoms with van der Waals surface area (Å²) in [5.41, 5.74) is 1.33. The molecule has 6 heteroatoms. The molecule has 0 amide bonds. The number of nitrogens with one attached hydrogen (secondary N) is 1. The lowest BCUT2D eigenvalue weighted by Gasteiger charge is -2.39. The van der Waals surface area contributed by atoms with Gasteiger partial charge in [0.05, 0.1) is 6.67 Å². The Morgan fingerprint density at radius 3 is 2.52 bits per heavy atom. The van der Waals surface area contributed by atoms with Crippen molar-refractivity contribution in [3.8, 4) is 0 Å². The number of hydrogen-bond acceptors (Lipinski definition) is 4. The minimum Gasteiger partial charge on any atom is -0.388 e. The van der Waals surface area contributed by atoms with Crippen LogP contribution in [0.25, 0.3) is 0 Å². The Morgan fingerprint density at radius 1 is 1.22 bits per heavy atom. The van der Waals surface area contributed by atoms with Crippen molar-refractivity contribution in [2.24, 2.45) is 7.05 Å². The second-order valence-corrected chi connectivity index (χ2v) is 6.62. The van der Waals surface area contributed by atoms with Gasteiger partial charge in [-0.2, -0.15) is 5.10 Å². The third kappa shape index (κ3) is 3.24. The quantitative estimate of drug-likeness (QED) is 0.827. The van der Waals surface area contributed by atoms with Crippen molar-refractivity contribution in [1.29, 1.82) is 0 Å². The zero-order valence-corrected chi connectivity index (χ0v) is 14.4. The number of aliphatic hydroxyl groups is 1. The highest BCUT2D eigenvalue weighted by Gasteiger charge is 2.33. The van der Waals surface area contributed by atoms with Crippen molar-refractivity contribution in [3.63, 3.8) is 0 Å². The molecule has 5 nitrogen and oxygen atoms in total. The van der Waals surface area contributed by atoms with Crippen LogP contribution in [0.15, 0.2) is 30.3 Å². The van der Waals surface area contributed by atoms with Crippen LogP contribution >= 0.6 is 12.2 Å². The summed E-state index contributed by atoms with van der Waals surface area (Å²) < 4.78 is 4.15. The standard InChI is InChI=1S/C17H24N4OS/c1-20-15(12-22)19-21(16(20)23)13-18-17(10-6-3-7-11-17)14-8-4-2-5-9-14/h2,4-5,8-9,18,22H,3,6-7,10-13H2,1H3. The third-order valence-electron chi connectivity index (χ3n) is 4.87. The Labute approximate surface area is 142 Å². The lowest BCUT2D eigenvalue weighted by atomic mass is 9.76. The fourth-order valence-electron chi connectivity index (χ4n) is 3.48. The highest BCUT2D eigenvalue weighted by Crippen LogP contribution is 2.37. The Hall–Kier alpha value is -1.50. The Morgan fingerprint density at radius 2 is 1.91 bits per heavy atom. The minimum atomic E-state index is -0.100. The molecular weight excluding hydrogens is 308 g/mol. The molecule has 0 radical (unpaired) electrons.